The number of aliphatic hydroxyl groups is 1. The van der Waals surface area contributed by atoms with Crippen LogP contribution in [0.4, 0.5) is 0 Å². The molecule has 0 saturated heterocycles. The minimum absolute atomic E-state index is 0.107. The van der Waals surface area contributed by atoms with E-state index >= 15 is 0 Å². The fourth-order valence-electron chi connectivity index (χ4n) is 12.4. The lowest BCUT2D eigenvalue weighted by Crippen LogP contribution is -2.30. The number of unbranched alkanes of at least 4 members (excludes halogenated alkanes) is 45. The molecule has 0 rings (SSSR count). The summed E-state index contributed by atoms with van der Waals surface area (Å²) in [6.45, 7) is 12.0. The minimum atomic E-state index is -4.96. The Balaban J connectivity index is 5.27. The first kappa shape index (κ1) is 98.1. The SMILES string of the molecule is CCCCCCCCCCCCCCCC(=O)O[C@H](COC(=O)CCCCCCCCCCC(C)CC)COP(=O)(O)OC[C@H](O)COP(=O)(O)OC[C@@H](COC(=O)CCCCCCCCCCCCCCCCC(C)C)OC(=O)CCCCCCCCCCCCCCCCC(C)CC. The molecular formula is C81H158O17P2. The van der Waals surface area contributed by atoms with Crippen molar-refractivity contribution >= 4 is 39.5 Å². The van der Waals surface area contributed by atoms with Gasteiger partial charge in [0.15, 0.2) is 12.2 Å². The number of ether oxygens (including phenoxy) is 4. The fourth-order valence-corrected chi connectivity index (χ4v) is 14.0. The third-order valence-corrected chi connectivity index (χ3v) is 21.5. The van der Waals surface area contributed by atoms with E-state index in [1.165, 1.54) is 231 Å². The molecule has 0 aliphatic heterocycles. The van der Waals surface area contributed by atoms with Gasteiger partial charge >= 0.3 is 39.5 Å². The van der Waals surface area contributed by atoms with Crippen LogP contribution in [0, 0.1) is 17.8 Å². The van der Waals surface area contributed by atoms with E-state index in [0.29, 0.717) is 25.7 Å². The standard InChI is InChI=1S/C81H158O17P2/c1-8-11-12-13-14-15-16-21-29-34-43-50-57-64-80(85)98-77(69-92-79(84)63-56-49-42-37-36-40-47-54-61-74(7)10-3)71-96-100(89,90)94-67-75(82)66-93-99(87,88)95-70-76(68-91-78(83)62-55-48-41-33-28-24-19-17-22-26-31-38-45-52-59-72(4)5)97-81(86)65-58-51-44-35-30-25-20-18-23-27-32-39-46-53-60-73(6)9-2/h72-77,82H,8-71H2,1-7H3,(H,87,88)(H,89,90)/t73?,74?,75-,76-,77-/m1/s1. The van der Waals surface area contributed by atoms with Gasteiger partial charge in [0.1, 0.15) is 19.3 Å². The summed E-state index contributed by atoms with van der Waals surface area (Å²) in [5, 5.41) is 10.6. The van der Waals surface area contributed by atoms with Crippen LogP contribution in [0.2, 0.25) is 0 Å². The highest BCUT2D eigenvalue weighted by Gasteiger charge is 2.30. The van der Waals surface area contributed by atoms with Crippen molar-refractivity contribution in [3.63, 3.8) is 0 Å². The van der Waals surface area contributed by atoms with Crippen LogP contribution >= 0.6 is 15.6 Å². The van der Waals surface area contributed by atoms with Crippen LogP contribution < -0.4 is 0 Å². The van der Waals surface area contributed by atoms with Crippen molar-refractivity contribution in [1.82, 2.24) is 0 Å². The molecule has 7 atom stereocenters. The van der Waals surface area contributed by atoms with E-state index in [1.54, 1.807) is 0 Å². The first-order chi connectivity index (χ1) is 48.3. The van der Waals surface area contributed by atoms with Gasteiger partial charge in [0.05, 0.1) is 26.4 Å². The Bertz CT molecular complexity index is 1940. The summed E-state index contributed by atoms with van der Waals surface area (Å²) in [4.78, 5) is 73.1. The number of phosphoric ester groups is 2. The van der Waals surface area contributed by atoms with Crippen molar-refractivity contribution in [2.75, 3.05) is 39.6 Å². The van der Waals surface area contributed by atoms with E-state index in [-0.39, 0.29) is 25.7 Å². The third-order valence-electron chi connectivity index (χ3n) is 19.6. The smallest absolute Gasteiger partial charge is 0.462 e. The molecule has 0 aliphatic rings. The predicted octanol–water partition coefficient (Wildman–Crippen LogP) is 24.1. The maximum atomic E-state index is 13.1. The van der Waals surface area contributed by atoms with Crippen LogP contribution in [-0.4, -0.2) is 96.7 Å². The Hall–Kier alpha value is -1.94. The average molecular weight is 1470 g/mol. The molecule has 0 amide bonds. The topological polar surface area (TPSA) is 237 Å². The summed E-state index contributed by atoms with van der Waals surface area (Å²) in [5.74, 6) is 0.314. The van der Waals surface area contributed by atoms with Crippen molar-refractivity contribution in [3.8, 4) is 0 Å². The van der Waals surface area contributed by atoms with Crippen molar-refractivity contribution in [1.29, 1.82) is 0 Å². The van der Waals surface area contributed by atoms with Gasteiger partial charge in [-0.25, -0.2) is 9.13 Å². The molecule has 19 heteroatoms. The first-order valence-electron chi connectivity index (χ1n) is 41.9. The zero-order valence-corrected chi connectivity index (χ0v) is 67.5. The van der Waals surface area contributed by atoms with Crippen LogP contribution in [0.1, 0.15) is 421 Å². The molecule has 0 saturated carbocycles. The highest BCUT2D eigenvalue weighted by Crippen LogP contribution is 2.45. The molecule has 4 unspecified atom stereocenters. The highest BCUT2D eigenvalue weighted by molar-refractivity contribution is 7.47. The largest absolute Gasteiger partial charge is 0.472 e. The van der Waals surface area contributed by atoms with Crippen molar-refractivity contribution in [3.05, 3.63) is 0 Å². The molecule has 0 aromatic heterocycles. The Morgan fingerprint density at radius 1 is 0.290 bits per heavy atom. The number of aliphatic hydroxyl groups excluding tert-OH is 1. The number of hydrogen-bond acceptors (Lipinski definition) is 15. The van der Waals surface area contributed by atoms with Gasteiger partial charge in [-0.2, -0.15) is 0 Å². The number of carbonyl (C=O) groups excluding carboxylic acids is 4. The lowest BCUT2D eigenvalue weighted by atomic mass is 9.99. The fraction of sp³-hybridized carbons (Fsp3) is 0.951. The summed E-state index contributed by atoms with van der Waals surface area (Å²) in [6, 6.07) is 0. The number of rotatable bonds is 79. The summed E-state index contributed by atoms with van der Waals surface area (Å²) < 4.78 is 68.7. The van der Waals surface area contributed by atoms with Crippen molar-refractivity contribution in [2.24, 2.45) is 17.8 Å². The second-order valence-corrected chi connectivity index (χ2v) is 33.0. The van der Waals surface area contributed by atoms with E-state index in [4.69, 9.17) is 37.0 Å². The maximum Gasteiger partial charge on any atom is 0.472 e. The van der Waals surface area contributed by atoms with Gasteiger partial charge in [0.2, 0.25) is 0 Å². The number of esters is 4. The van der Waals surface area contributed by atoms with E-state index in [9.17, 15) is 43.2 Å². The van der Waals surface area contributed by atoms with Crippen LogP contribution in [0.3, 0.4) is 0 Å². The van der Waals surface area contributed by atoms with Crippen LogP contribution in [0.5, 0.6) is 0 Å². The Kier molecular flexibility index (Phi) is 69.9. The van der Waals surface area contributed by atoms with Crippen LogP contribution in [0.15, 0.2) is 0 Å². The van der Waals surface area contributed by atoms with Crippen LogP contribution in [-0.2, 0) is 65.4 Å². The highest BCUT2D eigenvalue weighted by atomic mass is 31.2. The van der Waals surface area contributed by atoms with Crippen molar-refractivity contribution in [2.45, 2.75) is 439 Å². The molecule has 3 N–H and O–H groups in total. The van der Waals surface area contributed by atoms with E-state index in [0.717, 1.165) is 108 Å². The molecular weight excluding hydrogens is 1310 g/mol. The summed E-state index contributed by atoms with van der Waals surface area (Å²) >= 11 is 0. The molecule has 0 aromatic rings. The quantitative estimate of drug-likeness (QED) is 0.0222. The molecule has 0 spiro atoms. The molecule has 17 nitrogen and oxygen atoms in total. The number of hydrogen-bond donors (Lipinski definition) is 3. The molecule has 0 bridgehead atoms. The van der Waals surface area contributed by atoms with E-state index < -0.39 is 97.5 Å². The van der Waals surface area contributed by atoms with Gasteiger partial charge in [0, 0.05) is 25.7 Å². The van der Waals surface area contributed by atoms with E-state index in [2.05, 4.69) is 48.5 Å². The van der Waals surface area contributed by atoms with Gasteiger partial charge in [-0.05, 0) is 43.4 Å². The molecule has 100 heavy (non-hydrogen) atoms. The van der Waals surface area contributed by atoms with Gasteiger partial charge < -0.3 is 33.8 Å². The molecule has 594 valence electrons. The van der Waals surface area contributed by atoms with Gasteiger partial charge in [-0.3, -0.25) is 37.3 Å². The zero-order valence-electron chi connectivity index (χ0n) is 65.7. The second kappa shape index (κ2) is 71.3. The zero-order chi connectivity index (χ0) is 73.7. The van der Waals surface area contributed by atoms with Gasteiger partial charge in [-0.15, -0.1) is 0 Å². The summed E-state index contributed by atoms with van der Waals surface area (Å²) in [7, 11) is -9.92. The minimum Gasteiger partial charge on any atom is -0.462 e. The molecule has 0 aromatic carbocycles. The maximum absolute atomic E-state index is 13.1. The van der Waals surface area contributed by atoms with Gasteiger partial charge in [0.25, 0.3) is 0 Å². The first-order valence-corrected chi connectivity index (χ1v) is 44.9. The number of carbonyl (C=O) groups is 4. The normalized spacial score (nSPS) is 14.5. The Labute approximate surface area is 613 Å². The Morgan fingerprint density at radius 3 is 0.760 bits per heavy atom. The van der Waals surface area contributed by atoms with E-state index in [1.807, 2.05) is 0 Å². The molecule has 0 heterocycles. The lowest BCUT2D eigenvalue weighted by Gasteiger charge is -2.21. The monoisotopic (exact) mass is 1470 g/mol. The predicted molar refractivity (Wildman–Crippen MR) is 409 cm³/mol. The molecule has 0 radical (unpaired) electrons. The molecule has 0 fully saturated rings. The van der Waals surface area contributed by atoms with Crippen molar-refractivity contribution < 1.29 is 80.2 Å². The second-order valence-electron chi connectivity index (χ2n) is 30.1. The number of phosphoric acid groups is 2. The average Bonchev–Trinajstić information content (AvgIpc) is 0.926. The Morgan fingerprint density at radius 2 is 0.510 bits per heavy atom. The molecule has 0 aliphatic carbocycles. The lowest BCUT2D eigenvalue weighted by molar-refractivity contribution is -0.161. The van der Waals surface area contributed by atoms with Gasteiger partial charge in [-0.1, -0.05) is 370 Å². The van der Waals surface area contributed by atoms with Crippen LogP contribution in [0.25, 0.3) is 0 Å². The summed E-state index contributed by atoms with van der Waals surface area (Å²) in [5.41, 5.74) is 0. The summed E-state index contributed by atoms with van der Waals surface area (Å²) in [6.07, 6.45) is 59.4. The third kappa shape index (κ3) is 71.7.